The van der Waals surface area contributed by atoms with Crippen LogP contribution in [0.1, 0.15) is 11.4 Å². The van der Waals surface area contributed by atoms with Crippen molar-refractivity contribution < 1.29 is 4.79 Å². The minimum atomic E-state index is 0.113. The van der Waals surface area contributed by atoms with Gasteiger partial charge >= 0.3 is 0 Å². The van der Waals surface area contributed by atoms with Crippen LogP contribution in [0.3, 0.4) is 0 Å². The fraction of sp³-hybridized carbons (Fsp3) is 0.364. The molecule has 1 saturated heterocycles. The topological polar surface area (TPSA) is 48.5 Å². The molecule has 1 aliphatic heterocycles. The molecule has 1 aromatic heterocycles. The van der Waals surface area contributed by atoms with Gasteiger partial charge in [-0.25, -0.2) is 4.98 Å². The molecule has 0 bridgehead atoms. The Balaban J connectivity index is 1.14. The lowest BCUT2D eigenvalue weighted by atomic mass is 10.2. The molecule has 0 spiro atoms. The van der Waals surface area contributed by atoms with Crippen molar-refractivity contribution in [2.45, 2.75) is 12.8 Å². The number of hydrogen-bond donors (Lipinski definition) is 1. The van der Waals surface area contributed by atoms with Crippen LogP contribution < -0.4 is 10.2 Å². The molecule has 2 aromatic carbocycles. The lowest BCUT2D eigenvalue weighted by Crippen LogP contribution is -2.48. The fourth-order valence-corrected chi connectivity index (χ4v) is 4.52. The van der Waals surface area contributed by atoms with Crippen molar-refractivity contribution in [3.05, 3.63) is 59.6 Å². The Morgan fingerprint density at radius 2 is 1.75 bits per heavy atom. The first-order valence-corrected chi connectivity index (χ1v) is 10.7. The molecule has 1 aliphatic rings. The van der Waals surface area contributed by atoms with Gasteiger partial charge in [-0.15, -0.1) is 11.3 Å². The summed E-state index contributed by atoms with van der Waals surface area (Å²) in [5.41, 5.74) is 2.32. The molecule has 0 radical (unpaired) electrons. The molecule has 5 nitrogen and oxygen atoms in total. The summed E-state index contributed by atoms with van der Waals surface area (Å²) in [6.45, 7) is 5.78. The van der Waals surface area contributed by atoms with E-state index in [4.69, 9.17) is 0 Å². The molecule has 0 unspecified atom stereocenters. The van der Waals surface area contributed by atoms with E-state index in [1.54, 1.807) is 11.3 Å². The summed E-state index contributed by atoms with van der Waals surface area (Å²) < 4.78 is 1.19. The fourth-order valence-electron chi connectivity index (χ4n) is 3.56. The van der Waals surface area contributed by atoms with Gasteiger partial charge < -0.3 is 10.2 Å². The Labute approximate surface area is 170 Å². The molecule has 1 fully saturated rings. The predicted octanol–water partition coefficient (Wildman–Crippen LogP) is 3.17. The number of piperazine rings is 1. The first kappa shape index (κ1) is 18.9. The molecule has 6 heteroatoms. The molecule has 1 amide bonds. The lowest BCUT2D eigenvalue weighted by Gasteiger charge is -2.36. The molecule has 1 N–H and O–H groups in total. The first-order chi connectivity index (χ1) is 13.8. The van der Waals surface area contributed by atoms with Gasteiger partial charge in [0, 0.05) is 57.8 Å². The van der Waals surface area contributed by atoms with E-state index in [-0.39, 0.29) is 5.91 Å². The predicted molar refractivity (Wildman–Crippen MR) is 116 cm³/mol. The molecule has 0 saturated carbocycles. The van der Waals surface area contributed by atoms with Crippen LogP contribution in [-0.4, -0.2) is 55.1 Å². The van der Waals surface area contributed by atoms with Crippen LogP contribution in [-0.2, 0) is 11.2 Å². The highest BCUT2D eigenvalue weighted by Crippen LogP contribution is 2.22. The summed E-state index contributed by atoms with van der Waals surface area (Å²) in [5.74, 6) is 0.113. The maximum Gasteiger partial charge on any atom is 0.220 e. The number of para-hydroxylation sites is 2. The zero-order valence-corrected chi connectivity index (χ0v) is 16.8. The number of amides is 1. The van der Waals surface area contributed by atoms with Gasteiger partial charge in [-0.2, -0.15) is 0 Å². The summed E-state index contributed by atoms with van der Waals surface area (Å²) in [5, 5.41) is 4.10. The van der Waals surface area contributed by atoms with Gasteiger partial charge in [0.2, 0.25) is 5.91 Å². The highest BCUT2D eigenvalue weighted by atomic mass is 32.1. The number of thiazole rings is 1. The molecule has 2 heterocycles. The van der Waals surface area contributed by atoms with Crippen LogP contribution >= 0.6 is 11.3 Å². The van der Waals surface area contributed by atoms with Crippen LogP contribution in [0.5, 0.6) is 0 Å². The first-order valence-electron chi connectivity index (χ1n) is 9.91. The van der Waals surface area contributed by atoms with E-state index in [1.165, 1.54) is 10.4 Å². The van der Waals surface area contributed by atoms with E-state index in [0.717, 1.165) is 43.2 Å². The zero-order valence-electron chi connectivity index (χ0n) is 16.0. The Hall–Kier alpha value is -2.44. The number of carbonyl (C=O) groups is 1. The van der Waals surface area contributed by atoms with Crippen LogP contribution in [0.4, 0.5) is 5.69 Å². The van der Waals surface area contributed by atoms with Gasteiger partial charge in [0.25, 0.3) is 0 Å². The van der Waals surface area contributed by atoms with Crippen molar-refractivity contribution in [1.82, 2.24) is 15.2 Å². The zero-order chi connectivity index (χ0) is 19.2. The van der Waals surface area contributed by atoms with E-state index < -0.39 is 0 Å². The number of fused-ring (bicyclic) bond motifs is 1. The third kappa shape index (κ3) is 4.88. The Bertz CT molecular complexity index is 870. The van der Waals surface area contributed by atoms with Crippen LogP contribution in [0, 0.1) is 0 Å². The van der Waals surface area contributed by atoms with Crippen LogP contribution in [0.25, 0.3) is 10.2 Å². The quantitative estimate of drug-likeness (QED) is 0.669. The number of benzene rings is 2. The molecule has 0 atom stereocenters. The number of aryl methyl sites for hydroxylation is 1. The van der Waals surface area contributed by atoms with Gasteiger partial charge in [-0.05, 0) is 24.3 Å². The third-order valence-corrected chi connectivity index (χ3v) is 6.24. The number of nitrogens with one attached hydrogen (secondary N) is 1. The second-order valence-electron chi connectivity index (χ2n) is 7.09. The Morgan fingerprint density at radius 3 is 2.54 bits per heavy atom. The second-order valence-corrected chi connectivity index (χ2v) is 8.20. The van der Waals surface area contributed by atoms with E-state index in [1.807, 2.05) is 18.2 Å². The average molecular weight is 395 g/mol. The van der Waals surface area contributed by atoms with Crippen LogP contribution in [0.2, 0.25) is 0 Å². The number of aromatic nitrogens is 1. The summed E-state index contributed by atoms with van der Waals surface area (Å²) in [7, 11) is 0. The lowest BCUT2D eigenvalue weighted by molar-refractivity contribution is -0.121. The van der Waals surface area contributed by atoms with E-state index in [9.17, 15) is 4.79 Å². The molecular formula is C22H26N4OS. The normalized spacial score (nSPS) is 15.1. The Morgan fingerprint density at radius 1 is 1.00 bits per heavy atom. The smallest absolute Gasteiger partial charge is 0.220 e. The third-order valence-electron chi connectivity index (χ3n) is 5.15. The SMILES string of the molecule is O=C(CCc1nc2ccccc2s1)NCCN1CCN(c2ccccc2)CC1. The van der Waals surface area contributed by atoms with Crippen molar-refractivity contribution in [1.29, 1.82) is 0 Å². The summed E-state index contributed by atoms with van der Waals surface area (Å²) in [4.78, 5) is 21.6. The number of carbonyl (C=O) groups excluding carboxylic acids is 1. The van der Waals surface area contributed by atoms with E-state index >= 15 is 0 Å². The molecule has 28 heavy (non-hydrogen) atoms. The maximum absolute atomic E-state index is 12.1. The largest absolute Gasteiger partial charge is 0.369 e. The molecular weight excluding hydrogens is 368 g/mol. The summed E-state index contributed by atoms with van der Waals surface area (Å²) in [6.07, 6.45) is 1.21. The number of nitrogens with zero attached hydrogens (tertiary/aromatic N) is 3. The van der Waals surface area contributed by atoms with E-state index in [2.05, 4.69) is 56.5 Å². The molecule has 3 aromatic rings. The monoisotopic (exact) mass is 394 g/mol. The van der Waals surface area contributed by atoms with Crippen molar-refractivity contribution in [3.63, 3.8) is 0 Å². The highest BCUT2D eigenvalue weighted by Gasteiger charge is 2.16. The van der Waals surface area contributed by atoms with E-state index in [0.29, 0.717) is 19.4 Å². The molecule has 146 valence electrons. The summed E-state index contributed by atoms with van der Waals surface area (Å²) in [6, 6.07) is 18.7. The molecule has 0 aliphatic carbocycles. The van der Waals surface area contributed by atoms with Crippen molar-refractivity contribution in [2.75, 3.05) is 44.2 Å². The van der Waals surface area contributed by atoms with Crippen molar-refractivity contribution in [3.8, 4) is 0 Å². The second kappa shape index (κ2) is 9.17. The number of hydrogen-bond acceptors (Lipinski definition) is 5. The average Bonchev–Trinajstić information content (AvgIpc) is 3.16. The van der Waals surface area contributed by atoms with Crippen molar-refractivity contribution in [2.24, 2.45) is 0 Å². The maximum atomic E-state index is 12.1. The van der Waals surface area contributed by atoms with Gasteiger partial charge in [0.15, 0.2) is 0 Å². The van der Waals surface area contributed by atoms with Crippen molar-refractivity contribution >= 4 is 33.1 Å². The Kier molecular flexibility index (Phi) is 6.19. The highest BCUT2D eigenvalue weighted by molar-refractivity contribution is 7.18. The van der Waals surface area contributed by atoms with Crippen LogP contribution in [0.15, 0.2) is 54.6 Å². The minimum Gasteiger partial charge on any atom is -0.369 e. The van der Waals surface area contributed by atoms with Gasteiger partial charge in [0.05, 0.1) is 15.2 Å². The number of rotatable bonds is 7. The minimum absolute atomic E-state index is 0.113. The van der Waals surface area contributed by atoms with Gasteiger partial charge in [-0.3, -0.25) is 9.69 Å². The molecule has 4 rings (SSSR count). The summed E-state index contributed by atoms with van der Waals surface area (Å²) >= 11 is 1.68. The standard InChI is InChI=1S/C22H26N4OS/c27-21(10-11-22-24-19-8-4-5-9-20(19)28-22)23-12-13-25-14-16-26(17-15-25)18-6-2-1-3-7-18/h1-9H,10-17H2,(H,23,27). The number of anilines is 1. The van der Waals surface area contributed by atoms with Gasteiger partial charge in [-0.1, -0.05) is 30.3 Å². The van der Waals surface area contributed by atoms with Gasteiger partial charge in [0.1, 0.15) is 0 Å².